The van der Waals surface area contributed by atoms with Crippen LogP contribution in [-0.4, -0.2) is 34.7 Å². The molecule has 0 fully saturated rings. The van der Waals surface area contributed by atoms with Gasteiger partial charge in [0.25, 0.3) is 0 Å². The number of hydrogen-bond donors (Lipinski definition) is 0. The Morgan fingerprint density at radius 1 is 0.394 bits per heavy atom. The Morgan fingerprint density at radius 2 is 0.545 bits per heavy atom. The molecule has 0 saturated heterocycles. The molecule has 0 unspecified atom stereocenters. The van der Waals surface area contributed by atoms with Crippen molar-refractivity contribution in [2.24, 2.45) is 31.6 Å². The molecular weight excluding hydrogens is 460 g/mol. The van der Waals surface area contributed by atoms with Crippen LogP contribution in [0.15, 0.2) is 9.98 Å². The number of rotatable bonds is 2. The van der Waals surface area contributed by atoms with E-state index < -0.39 is 11.2 Å². The first kappa shape index (κ1) is 37.3. The first-order valence-corrected chi connectivity index (χ1v) is 11.9. The van der Waals surface area contributed by atoms with Crippen LogP contribution in [-0.2, 0) is 17.1 Å². The summed E-state index contributed by atoms with van der Waals surface area (Å²) in [6.45, 7) is 35.9. The first-order valence-electron chi connectivity index (χ1n) is 11.9. The van der Waals surface area contributed by atoms with Gasteiger partial charge in [0.1, 0.15) is 0 Å². The zero-order valence-corrected chi connectivity index (χ0v) is 26.1. The van der Waals surface area contributed by atoms with Crippen molar-refractivity contribution in [2.45, 2.75) is 147 Å². The zero-order valence-electron chi connectivity index (χ0n) is 25.2. The average Bonchev–Trinajstić information content (AvgIpc) is 2.44. The number of nitrogens with zero attached hydrogens (tertiary/aromatic N) is 2. The van der Waals surface area contributed by atoms with Gasteiger partial charge in [-0.25, -0.2) is 0 Å². The summed E-state index contributed by atoms with van der Waals surface area (Å²) >= 11 is 0. The van der Waals surface area contributed by atoms with Gasteiger partial charge in [0.2, 0.25) is 0 Å². The van der Waals surface area contributed by atoms with Crippen LogP contribution in [0.3, 0.4) is 0 Å². The minimum atomic E-state index is -1.16. The maximum atomic E-state index is 13.0. The van der Waals surface area contributed by atoms with E-state index in [4.69, 9.17) is 0 Å². The van der Waals surface area contributed by atoms with Crippen molar-refractivity contribution in [1.82, 2.24) is 0 Å². The largest absolute Gasteiger partial charge is 2.00 e. The van der Waals surface area contributed by atoms with Gasteiger partial charge in [-0.15, -0.1) is 0 Å². The van der Waals surface area contributed by atoms with Crippen molar-refractivity contribution in [3.8, 4) is 0 Å². The maximum absolute atomic E-state index is 13.0. The molecule has 0 aromatic carbocycles. The van der Waals surface area contributed by atoms with Gasteiger partial charge >= 0.3 is 17.1 Å². The van der Waals surface area contributed by atoms with E-state index in [-0.39, 0.29) is 49.8 Å². The van der Waals surface area contributed by atoms with Crippen molar-refractivity contribution in [2.75, 3.05) is 0 Å². The fourth-order valence-corrected chi connectivity index (χ4v) is 3.59. The van der Waals surface area contributed by atoms with Crippen LogP contribution >= 0.6 is 0 Å². The Labute approximate surface area is 218 Å². The van der Waals surface area contributed by atoms with Gasteiger partial charge in [0, 0.05) is 0 Å². The summed E-state index contributed by atoms with van der Waals surface area (Å²) in [5.41, 5.74) is -4.08. The second-order valence-corrected chi connectivity index (χ2v) is 15.3. The molecule has 0 amide bonds. The second kappa shape index (κ2) is 11.2. The van der Waals surface area contributed by atoms with Gasteiger partial charge in [0.15, 0.2) is 0 Å². The number of hydrogen-bond acceptors (Lipinski definition) is 4. The molecule has 1 radical (unpaired) electrons. The van der Waals surface area contributed by atoms with Crippen LogP contribution in [0, 0.1) is 21.7 Å². The molecule has 0 saturated carbocycles. The molecule has 0 aliphatic carbocycles. The van der Waals surface area contributed by atoms with Crippen LogP contribution in [0.4, 0.5) is 0 Å². The van der Waals surface area contributed by atoms with Crippen LogP contribution in [0.5, 0.6) is 0 Å². The topological polar surface area (TPSA) is 70.8 Å². The van der Waals surface area contributed by atoms with Crippen LogP contribution in [0.1, 0.15) is 125 Å². The molecule has 0 heterocycles. The molecule has 0 bridgehead atoms. The predicted molar refractivity (Wildman–Crippen MR) is 140 cm³/mol. The van der Waals surface area contributed by atoms with Gasteiger partial charge in [-0.1, -0.05) is 94.3 Å². The van der Waals surface area contributed by atoms with E-state index >= 15 is 0 Å². The average molecular weight is 516 g/mol. The van der Waals surface area contributed by atoms with Gasteiger partial charge in [0.05, 0.1) is 11.1 Å². The van der Waals surface area contributed by atoms with Crippen molar-refractivity contribution in [1.29, 1.82) is 0 Å². The zero-order chi connectivity index (χ0) is 26.8. The predicted octanol–water partition coefficient (Wildman–Crippen LogP) is 6.09. The summed E-state index contributed by atoms with van der Waals surface area (Å²) in [4.78, 5) is 8.85. The van der Waals surface area contributed by atoms with E-state index in [0.29, 0.717) is 0 Å². The molecule has 0 aromatic heterocycles. The third-order valence-corrected chi connectivity index (χ3v) is 5.72. The van der Waals surface area contributed by atoms with E-state index in [1.807, 2.05) is 125 Å². The fourth-order valence-electron chi connectivity index (χ4n) is 3.59. The first-order chi connectivity index (χ1) is 13.4. The Morgan fingerprint density at radius 3 is 0.636 bits per heavy atom. The number of aliphatic imine (C=N–C) groups is 2. The molecule has 0 N–H and O–H groups in total. The van der Waals surface area contributed by atoms with Crippen molar-refractivity contribution < 1.29 is 27.3 Å². The minimum Gasteiger partial charge on any atom is -0.845 e. The van der Waals surface area contributed by atoms with E-state index in [0.717, 1.165) is 0 Å². The summed E-state index contributed by atoms with van der Waals surface area (Å²) in [6, 6.07) is 0. The smallest absolute Gasteiger partial charge is 0.845 e. The molecule has 0 aromatic rings. The van der Waals surface area contributed by atoms with Crippen LogP contribution in [0.2, 0.25) is 0 Å². The van der Waals surface area contributed by atoms with E-state index in [1.54, 1.807) is 12.4 Å². The Bertz CT molecular complexity index is 552. The summed E-state index contributed by atoms with van der Waals surface area (Å²) in [7, 11) is 0. The molecule has 0 rings (SSSR count). The molecule has 5 heteroatoms. The quantitative estimate of drug-likeness (QED) is 0.329. The van der Waals surface area contributed by atoms with E-state index in [2.05, 4.69) is 9.98 Å². The molecule has 4 nitrogen and oxygen atoms in total. The van der Waals surface area contributed by atoms with Crippen molar-refractivity contribution in [3.05, 3.63) is 0 Å². The standard InChI is InChI=1S/2C14H28NO.Cu/c2*1-11(2,3)14(16,12(4,5)6)10-15-13(7,8)9;/h2*10H,1-9H3;/q2*-1;+2. The summed E-state index contributed by atoms with van der Waals surface area (Å²) in [5, 5.41) is 26.1. The summed E-state index contributed by atoms with van der Waals surface area (Å²) in [5.74, 6) is 0. The van der Waals surface area contributed by atoms with Gasteiger partial charge in [-0.2, -0.15) is 0 Å². The summed E-state index contributed by atoms with van der Waals surface area (Å²) < 4.78 is 0. The fraction of sp³-hybridized carbons (Fsp3) is 0.929. The Hall–Kier alpha value is -0.221. The van der Waals surface area contributed by atoms with Gasteiger partial charge in [-0.3, -0.25) is 9.98 Å². The summed E-state index contributed by atoms with van der Waals surface area (Å²) in [6.07, 6.45) is 3.26. The normalized spacial score (nSPS) is 15.4. The Kier molecular flexibility index (Phi) is 12.7. The molecular formula is C28H56CuN2O2. The van der Waals surface area contributed by atoms with Crippen LogP contribution in [0.25, 0.3) is 0 Å². The van der Waals surface area contributed by atoms with Gasteiger partial charge < -0.3 is 10.2 Å². The maximum Gasteiger partial charge on any atom is 2.00 e. The second-order valence-electron chi connectivity index (χ2n) is 15.3. The molecule has 0 atom stereocenters. The third-order valence-electron chi connectivity index (χ3n) is 5.72. The Balaban J connectivity index is -0.000000529. The minimum absolute atomic E-state index is 0. The van der Waals surface area contributed by atoms with Gasteiger partial charge in [-0.05, 0) is 75.6 Å². The molecule has 33 heavy (non-hydrogen) atoms. The van der Waals surface area contributed by atoms with Crippen molar-refractivity contribution >= 4 is 12.4 Å². The monoisotopic (exact) mass is 515 g/mol. The SMILES string of the molecule is CC(C)(C)N=CC([O-])(C(C)(C)C)C(C)(C)C.CC(C)(C)N=CC([O-])(C(C)(C)C)C(C)(C)C.[Cu+2]. The molecule has 0 aliphatic heterocycles. The third kappa shape index (κ3) is 11.4. The van der Waals surface area contributed by atoms with Crippen LogP contribution < -0.4 is 10.2 Å². The van der Waals surface area contributed by atoms with Crippen molar-refractivity contribution in [3.63, 3.8) is 0 Å². The molecule has 0 aliphatic rings. The molecule has 201 valence electrons. The van der Waals surface area contributed by atoms with E-state index in [9.17, 15) is 10.2 Å². The van der Waals surface area contributed by atoms with E-state index in [1.165, 1.54) is 0 Å². The molecule has 0 spiro atoms.